The van der Waals surface area contributed by atoms with E-state index in [4.69, 9.17) is 27.4 Å². The first kappa shape index (κ1) is 15.3. The Morgan fingerprint density at radius 3 is 2.70 bits per heavy atom. The van der Waals surface area contributed by atoms with Crippen LogP contribution in [0.3, 0.4) is 0 Å². The van der Waals surface area contributed by atoms with Crippen LogP contribution in [-0.2, 0) is 4.74 Å². The second-order valence-electron chi connectivity index (χ2n) is 5.29. The predicted octanol–water partition coefficient (Wildman–Crippen LogP) is 3.30. The van der Waals surface area contributed by atoms with Crippen LogP contribution in [0, 0.1) is 5.92 Å². The third-order valence-electron chi connectivity index (χ3n) is 3.67. The number of rotatable bonds is 8. The van der Waals surface area contributed by atoms with Crippen LogP contribution in [0.2, 0.25) is 0 Å². The molecule has 0 atom stereocenters. The zero-order valence-corrected chi connectivity index (χ0v) is 12.7. The van der Waals surface area contributed by atoms with E-state index in [-0.39, 0.29) is 0 Å². The van der Waals surface area contributed by atoms with E-state index in [1.165, 1.54) is 25.7 Å². The van der Waals surface area contributed by atoms with E-state index in [1.54, 1.807) is 0 Å². The number of para-hydroxylation sites is 1. The molecule has 4 heteroatoms. The number of ether oxygens (including phenoxy) is 2. The second kappa shape index (κ2) is 8.22. The third kappa shape index (κ3) is 4.76. The zero-order valence-electron chi connectivity index (χ0n) is 11.8. The van der Waals surface area contributed by atoms with Crippen molar-refractivity contribution in [3.05, 3.63) is 29.8 Å². The van der Waals surface area contributed by atoms with Gasteiger partial charge in [-0.25, -0.2) is 0 Å². The summed E-state index contributed by atoms with van der Waals surface area (Å²) in [6, 6.07) is 7.61. The van der Waals surface area contributed by atoms with Gasteiger partial charge in [0.2, 0.25) is 0 Å². The Morgan fingerprint density at radius 2 is 1.95 bits per heavy atom. The van der Waals surface area contributed by atoms with Crippen molar-refractivity contribution in [3.8, 4) is 5.75 Å². The van der Waals surface area contributed by atoms with Crippen molar-refractivity contribution in [2.24, 2.45) is 11.7 Å². The van der Waals surface area contributed by atoms with Crippen molar-refractivity contribution < 1.29 is 9.47 Å². The summed E-state index contributed by atoms with van der Waals surface area (Å²) in [5, 5.41) is 0. The lowest BCUT2D eigenvalue weighted by atomic mass is 10.1. The monoisotopic (exact) mass is 293 g/mol. The first-order valence-corrected chi connectivity index (χ1v) is 7.77. The fourth-order valence-corrected chi connectivity index (χ4v) is 2.73. The van der Waals surface area contributed by atoms with Gasteiger partial charge in [-0.3, -0.25) is 0 Å². The number of benzene rings is 1. The number of nitrogens with two attached hydrogens (primary N) is 1. The van der Waals surface area contributed by atoms with Crippen LogP contribution in [0.15, 0.2) is 24.3 Å². The Bertz CT molecular complexity index is 430. The molecule has 0 saturated heterocycles. The Morgan fingerprint density at radius 1 is 1.20 bits per heavy atom. The van der Waals surface area contributed by atoms with Crippen molar-refractivity contribution in [2.75, 3.05) is 19.8 Å². The molecule has 0 aromatic heterocycles. The molecule has 2 N–H and O–H groups in total. The molecule has 1 aromatic carbocycles. The summed E-state index contributed by atoms with van der Waals surface area (Å²) in [6.07, 6.45) is 6.29. The van der Waals surface area contributed by atoms with E-state index in [0.717, 1.165) is 36.9 Å². The molecule has 20 heavy (non-hydrogen) atoms. The maximum Gasteiger partial charge on any atom is 0.129 e. The van der Waals surface area contributed by atoms with E-state index in [0.29, 0.717) is 11.6 Å². The quantitative estimate of drug-likeness (QED) is 0.590. The van der Waals surface area contributed by atoms with Gasteiger partial charge in [0.1, 0.15) is 10.7 Å². The van der Waals surface area contributed by atoms with Gasteiger partial charge in [-0.15, -0.1) is 0 Å². The molecule has 3 nitrogen and oxygen atoms in total. The van der Waals surface area contributed by atoms with Crippen LogP contribution in [0.4, 0.5) is 0 Å². The summed E-state index contributed by atoms with van der Waals surface area (Å²) >= 11 is 5.00. The normalized spacial score (nSPS) is 15.4. The van der Waals surface area contributed by atoms with Crippen LogP contribution in [0.25, 0.3) is 0 Å². The molecule has 0 bridgehead atoms. The van der Waals surface area contributed by atoms with Gasteiger partial charge >= 0.3 is 0 Å². The summed E-state index contributed by atoms with van der Waals surface area (Å²) < 4.78 is 11.4. The summed E-state index contributed by atoms with van der Waals surface area (Å²) in [6.45, 7) is 2.29. The fourth-order valence-electron chi connectivity index (χ4n) is 2.57. The van der Waals surface area contributed by atoms with Crippen LogP contribution in [0.1, 0.15) is 37.7 Å². The summed E-state index contributed by atoms with van der Waals surface area (Å²) in [5.74, 6) is 1.54. The maximum atomic E-state index is 5.72. The second-order valence-corrected chi connectivity index (χ2v) is 5.73. The average molecular weight is 293 g/mol. The zero-order chi connectivity index (χ0) is 14.2. The minimum absolute atomic E-state index is 0.373. The van der Waals surface area contributed by atoms with Crippen molar-refractivity contribution in [2.45, 2.75) is 32.1 Å². The standard InChI is InChI=1S/C16H23NO2S/c17-16(20)14-8-3-4-9-15(14)19-11-5-10-18-12-13-6-1-2-7-13/h3-4,8-9,13H,1-2,5-7,10-12H2,(H2,17,20). The number of thiocarbonyl (C=S) groups is 1. The van der Waals surface area contributed by atoms with Crippen molar-refractivity contribution in [1.29, 1.82) is 0 Å². The molecular formula is C16H23NO2S. The molecule has 1 saturated carbocycles. The topological polar surface area (TPSA) is 44.5 Å². The van der Waals surface area contributed by atoms with E-state index >= 15 is 0 Å². The van der Waals surface area contributed by atoms with Gasteiger partial charge in [0, 0.05) is 19.6 Å². The maximum absolute atomic E-state index is 5.72. The summed E-state index contributed by atoms with van der Waals surface area (Å²) in [4.78, 5) is 0.373. The third-order valence-corrected chi connectivity index (χ3v) is 3.89. The number of hydrogen-bond donors (Lipinski definition) is 1. The highest BCUT2D eigenvalue weighted by molar-refractivity contribution is 7.80. The molecule has 0 amide bonds. The molecule has 0 unspecified atom stereocenters. The molecule has 1 aliphatic carbocycles. The van der Waals surface area contributed by atoms with Crippen LogP contribution in [0.5, 0.6) is 5.75 Å². The molecule has 0 heterocycles. The first-order valence-electron chi connectivity index (χ1n) is 7.37. The van der Waals surface area contributed by atoms with E-state index in [2.05, 4.69) is 0 Å². The summed E-state index contributed by atoms with van der Waals surface area (Å²) in [5.41, 5.74) is 6.46. The Labute approximate surface area is 126 Å². The Hall–Kier alpha value is -1.13. The molecule has 1 fully saturated rings. The van der Waals surface area contributed by atoms with Gasteiger partial charge in [-0.1, -0.05) is 37.2 Å². The van der Waals surface area contributed by atoms with Gasteiger partial charge in [-0.05, 0) is 30.9 Å². The Kier molecular flexibility index (Phi) is 6.27. The van der Waals surface area contributed by atoms with Gasteiger partial charge < -0.3 is 15.2 Å². The lowest BCUT2D eigenvalue weighted by Crippen LogP contribution is -2.13. The average Bonchev–Trinajstić information content (AvgIpc) is 2.96. The highest BCUT2D eigenvalue weighted by Gasteiger charge is 2.14. The lowest BCUT2D eigenvalue weighted by Gasteiger charge is -2.12. The predicted molar refractivity (Wildman–Crippen MR) is 85.2 cm³/mol. The molecule has 0 spiro atoms. The smallest absolute Gasteiger partial charge is 0.129 e. The van der Waals surface area contributed by atoms with Gasteiger partial charge in [0.15, 0.2) is 0 Å². The molecule has 110 valence electrons. The van der Waals surface area contributed by atoms with Crippen molar-refractivity contribution in [3.63, 3.8) is 0 Å². The minimum atomic E-state index is 0.373. The van der Waals surface area contributed by atoms with Crippen LogP contribution in [-0.4, -0.2) is 24.8 Å². The minimum Gasteiger partial charge on any atom is -0.493 e. The van der Waals surface area contributed by atoms with Crippen molar-refractivity contribution in [1.82, 2.24) is 0 Å². The molecule has 1 aliphatic rings. The number of hydrogen-bond acceptors (Lipinski definition) is 3. The molecule has 1 aromatic rings. The highest BCUT2D eigenvalue weighted by atomic mass is 32.1. The van der Waals surface area contributed by atoms with E-state index < -0.39 is 0 Å². The van der Waals surface area contributed by atoms with Crippen LogP contribution >= 0.6 is 12.2 Å². The largest absolute Gasteiger partial charge is 0.493 e. The van der Waals surface area contributed by atoms with Gasteiger partial charge in [-0.2, -0.15) is 0 Å². The van der Waals surface area contributed by atoms with Crippen molar-refractivity contribution >= 4 is 17.2 Å². The molecule has 0 radical (unpaired) electrons. The molecule has 0 aliphatic heterocycles. The summed E-state index contributed by atoms with van der Waals surface area (Å²) in [7, 11) is 0. The lowest BCUT2D eigenvalue weighted by molar-refractivity contribution is 0.0906. The Balaban J connectivity index is 1.62. The van der Waals surface area contributed by atoms with Gasteiger partial charge in [0.25, 0.3) is 0 Å². The fraction of sp³-hybridized carbons (Fsp3) is 0.562. The molecular weight excluding hydrogens is 270 g/mol. The van der Waals surface area contributed by atoms with Crippen LogP contribution < -0.4 is 10.5 Å². The van der Waals surface area contributed by atoms with E-state index in [9.17, 15) is 0 Å². The SMILES string of the molecule is NC(=S)c1ccccc1OCCCOCC1CCCC1. The van der Waals surface area contributed by atoms with Gasteiger partial charge in [0.05, 0.1) is 12.2 Å². The first-order chi connectivity index (χ1) is 9.77. The molecule has 2 rings (SSSR count). The highest BCUT2D eigenvalue weighted by Crippen LogP contribution is 2.24. The van der Waals surface area contributed by atoms with E-state index in [1.807, 2.05) is 24.3 Å².